The minimum Gasteiger partial charge on any atom is -0.462 e. The number of thiophene rings is 1. The van der Waals surface area contributed by atoms with Crippen LogP contribution >= 0.6 is 23.1 Å². The van der Waals surface area contributed by atoms with Gasteiger partial charge in [-0.15, -0.1) is 11.3 Å². The minimum absolute atomic E-state index is 0.0156. The third-order valence-electron chi connectivity index (χ3n) is 5.82. The Morgan fingerprint density at radius 2 is 1.92 bits per heavy atom. The van der Waals surface area contributed by atoms with E-state index in [9.17, 15) is 9.59 Å². The van der Waals surface area contributed by atoms with Gasteiger partial charge in [-0.2, -0.15) is 11.8 Å². The van der Waals surface area contributed by atoms with Crippen LogP contribution in [0.5, 0.6) is 0 Å². The van der Waals surface area contributed by atoms with E-state index in [1.54, 1.807) is 6.92 Å². The van der Waals surface area contributed by atoms with Crippen LogP contribution in [0.25, 0.3) is 0 Å². The molecule has 1 aliphatic carbocycles. The van der Waals surface area contributed by atoms with Gasteiger partial charge in [0, 0.05) is 16.5 Å². The Kier molecular flexibility index (Phi) is 4.49. The summed E-state index contributed by atoms with van der Waals surface area (Å²) >= 11 is 3.40. The number of nitrogens with one attached hydrogen (secondary N) is 1. The van der Waals surface area contributed by atoms with E-state index in [-0.39, 0.29) is 28.6 Å². The molecule has 0 radical (unpaired) electrons. The summed E-state index contributed by atoms with van der Waals surface area (Å²) in [6.07, 6.45) is 0.862. The van der Waals surface area contributed by atoms with E-state index in [0.717, 1.165) is 23.5 Å². The number of hydrogen-bond donors (Lipinski definition) is 1. The molecular weight excluding hydrogens is 342 g/mol. The summed E-state index contributed by atoms with van der Waals surface area (Å²) in [7, 11) is 0. The first-order valence-electron chi connectivity index (χ1n) is 8.42. The van der Waals surface area contributed by atoms with E-state index < -0.39 is 0 Å². The van der Waals surface area contributed by atoms with E-state index in [2.05, 4.69) is 33.0 Å². The zero-order chi connectivity index (χ0) is 17.7. The Morgan fingerprint density at radius 3 is 2.50 bits per heavy atom. The van der Waals surface area contributed by atoms with Crippen molar-refractivity contribution < 1.29 is 14.3 Å². The van der Waals surface area contributed by atoms with Gasteiger partial charge in [-0.1, -0.05) is 27.7 Å². The van der Waals surface area contributed by atoms with E-state index >= 15 is 0 Å². The molecule has 132 valence electrons. The normalized spacial score (nSPS) is 21.0. The predicted octanol–water partition coefficient (Wildman–Crippen LogP) is 4.33. The summed E-state index contributed by atoms with van der Waals surface area (Å²) in [4.78, 5) is 26.4. The largest absolute Gasteiger partial charge is 0.462 e. The van der Waals surface area contributed by atoms with Crippen molar-refractivity contribution in [3.05, 3.63) is 16.0 Å². The maximum absolute atomic E-state index is 12.8. The molecule has 1 aliphatic heterocycles. The molecule has 0 saturated heterocycles. The lowest BCUT2D eigenvalue weighted by molar-refractivity contribution is -0.118. The van der Waals surface area contributed by atoms with E-state index in [1.807, 2.05) is 11.8 Å². The van der Waals surface area contributed by atoms with Gasteiger partial charge in [0.1, 0.15) is 5.00 Å². The number of hydrogen-bond acceptors (Lipinski definition) is 5. The molecule has 2 heterocycles. The van der Waals surface area contributed by atoms with Crippen LogP contribution < -0.4 is 5.32 Å². The number of carbonyl (C=O) groups excluding carboxylic acids is 2. The molecule has 1 N–H and O–H groups in total. The average Bonchev–Trinajstić information content (AvgIpc) is 2.78. The first kappa shape index (κ1) is 17.8. The van der Waals surface area contributed by atoms with Crippen LogP contribution in [0.3, 0.4) is 0 Å². The van der Waals surface area contributed by atoms with E-state index in [0.29, 0.717) is 17.2 Å². The first-order valence-corrected chi connectivity index (χ1v) is 10.4. The number of anilines is 1. The Bertz CT molecular complexity index is 677. The lowest BCUT2D eigenvalue weighted by Gasteiger charge is -2.12. The summed E-state index contributed by atoms with van der Waals surface area (Å²) in [6.45, 7) is 10.6. The second-order valence-corrected chi connectivity index (χ2v) is 9.81. The van der Waals surface area contributed by atoms with Gasteiger partial charge in [-0.25, -0.2) is 4.79 Å². The van der Waals surface area contributed by atoms with Gasteiger partial charge in [0.25, 0.3) is 0 Å². The topological polar surface area (TPSA) is 55.4 Å². The molecule has 0 spiro atoms. The second kappa shape index (κ2) is 6.06. The maximum Gasteiger partial charge on any atom is 0.341 e. The number of esters is 1. The number of carbonyl (C=O) groups is 2. The predicted molar refractivity (Wildman–Crippen MR) is 99.8 cm³/mol. The Hall–Kier alpha value is -1.01. The van der Waals surface area contributed by atoms with Crippen molar-refractivity contribution in [3.63, 3.8) is 0 Å². The molecule has 1 amide bonds. The van der Waals surface area contributed by atoms with Crippen molar-refractivity contribution in [1.29, 1.82) is 0 Å². The molecule has 2 aliphatic rings. The van der Waals surface area contributed by atoms with Gasteiger partial charge in [0.15, 0.2) is 0 Å². The molecule has 4 nitrogen and oxygen atoms in total. The van der Waals surface area contributed by atoms with Crippen molar-refractivity contribution in [1.82, 2.24) is 0 Å². The summed E-state index contributed by atoms with van der Waals surface area (Å²) in [6, 6.07) is 0. The third-order valence-corrected chi connectivity index (χ3v) is 8.14. The molecular formula is C18H25NO3S2. The number of amides is 1. The van der Waals surface area contributed by atoms with Gasteiger partial charge >= 0.3 is 5.97 Å². The highest BCUT2D eigenvalue weighted by atomic mass is 32.2. The molecule has 0 aromatic carbocycles. The van der Waals surface area contributed by atoms with Crippen molar-refractivity contribution in [2.75, 3.05) is 17.7 Å². The smallest absolute Gasteiger partial charge is 0.341 e. The van der Waals surface area contributed by atoms with Crippen molar-refractivity contribution >= 4 is 40.0 Å². The Balaban J connectivity index is 1.89. The summed E-state index contributed by atoms with van der Waals surface area (Å²) < 4.78 is 5.24. The van der Waals surface area contributed by atoms with Crippen molar-refractivity contribution in [2.45, 2.75) is 46.8 Å². The highest BCUT2D eigenvalue weighted by Gasteiger charge is 2.68. The molecule has 0 bridgehead atoms. The molecule has 24 heavy (non-hydrogen) atoms. The zero-order valence-electron chi connectivity index (χ0n) is 14.9. The van der Waals surface area contributed by atoms with Crippen LogP contribution in [0.2, 0.25) is 0 Å². The van der Waals surface area contributed by atoms with Crippen molar-refractivity contribution in [2.24, 2.45) is 16.7 Å². The van der Waals surface area contributed by atoms with Crippen LogP contribution in [0, 0.1) is 16.7 Å². The molecule has 1 aromatic rings. The fourth-order valence-corrected chi connectivity index (χ4v) is 6.15. The summed E-state index contributed by atoms with van der Waals surface area (Å²) in [5.74, 6) is 1.58. The molecule has 3 rings (SSSR count). The van der Waals surface area contributed by atoms with Gasteiger partial charge in [-0.05, 0) is 35.5 Å². The lowest BCUT2D eigenvalue weighted by atomic mass is 10.0. The van der Waals surface area contributed by atoms with E-state index in [4.69, 9.17) is 4.74 Å². The highest BCUT2D eigenvalue weighted by molar-refractivity contribution is 7.98. The second-order valence-electron chi connectivity index (χ2n) is 7.60. The third kappa shape index (κ3) is 2.68. The maximum atomic E-state index is 12.8. The standard InChI is InChI=1S/C18H25NO3S2/c1-6-22-16(21)12-10-7-8-23-9-11(10)24-15(12)19-14(20)13-17(2,3)18(13,4)5/h13H,6-9H2,1-5H3,(H,19,20). The van der Waals surface area contributed by atoms with Crippen LogP contribution in [-0.2, 0) is 21.7 Å². The fourth-order valence-electron chi connectivity index (χ4n) is 3.78. The molecule has 6 heteroatoms. The summed E-state index contributed by atoms with van der Waals surface area (Å²) in [5.41, 5.74) is 1.62. The quantitative estimate of drug-likeness (QED) is 0.805. The van der Waals surface area contributed by atoms with Crippen molar-refractivity contribution in [3.8, 4) is 0 Å². The number of fused-ring (bicyclic) bond motifs is 1. The SMILES string of the molecule is CCOC(=O)c1c(NC(=O)C2C(C)(C)C2(C)C)sc2c1CCSC2. The van der Waals surface area contributed by atoms with Gasteiger partial charge in [0.2, 0.25) is 5.91 Å². The molecule has 1 aromatic heterocycles. The highest BCUT2D eigenvalue weighted by Crippen LogP contribution is 2.68. The monoisotopic (exact) mass is 367 g/mol. The lowest BCUT2D eigenvalue weighted by Crippen LogP contribution is -2.19. The Labute approximate surface area is 151 Å². The minimum atomic E-state index is -0.313. The van der Waals surface area contributed by atoms with Gasteiger partial charge in [-0.3, -0.25) is 4.79 Å². The fraction of sp³-hybridized carbons (Fsp3) is 0.667. The number of ether oxygens (including phenoxy) is 1. The zero-order valence-corrected chi connectivity index (χ0v) is 16.6. The molecule has 0 atom stereocenters. The van der Waals surface area contributed by atoms with E-state index in [1.165, 1.54) is 16.2 Å². The van der Waals surface area contributed by atoms with Gasteiger partial charge < -0.3 is 10.1 Å². The van der Waals surface area contributed by atoms with Crippen LogP contribution in [0.15, 0.2) is 0 Å². The molecule has 1 saturated carbocycles. The summed E-state index contributed by atoms with van der Waals surface area (Å²) in [5, 5.41) is 3.72. The Morgan fingerprint density at radius 1 is 1.25 bits per heavy atom. The average molecular weight is 368 g/mol. The van der Waals surface area contributed by atoms with Crippen LogP contribution in [0.4, 0.5) is 5.00 Å². The number of rotatable bonds is 4. The van der Waals surface area contributed by atoms with Crippen LogP contribution in [0.1, 0.15) is 55.4 Å². The molecule has 1 fully saturated rings. The van der Waals surface area contributed by atoms with Crippen LogP contribution in [-0.4, -0.2) is 24.2 Å². The van der Waals surface area contributed by atoms with Gasteiger partial charge in [0.05, 0.1) is 12.2 Å². The number of thioether (sulfide) groups is 1. The molecule has 0 unspecified atom stereocenters. The first-order chi connectivity index (χ1) is 11.2.